The molecule has 1 fully saturated rings. The molecule has 32 heavy (non-hydrogen) atoms. The van der Waals surface area contributed by atoms with E-state index < -0.39 is 0 Å². The molecule has 0 spiro atoms. The summed E-state index contributed by atoms with van der Waals surface area (Å²) in [5, 5.41) is 13.6. The van der Waals surface area contributed by atoms with E-state index in [0.717, 1.165) is 46.0 Å². The van der Waals surface area contributed by atoms with Crippen molar-refractivity contribution in [2.24, 2.45) is 0 Å². The van der Waals surface area contributed by atoms with Gasteiger partial charge in [-0.25, -0.2) is 0 Å². The molecule has 0 saturated heterocycles. The van der Waals surface area contributed by atoms with Crippen molar-refractivity contribution in [3.05, 3.63) is 54.7 Å². The summed E-state index contributed by atoms with van der Waals surface area (Å²) in [6.45, 7) is 0.0202. The highest BCUT2D eigenvalue weighted by molar-refractivity contribution is 7.99. The summed E-state index contributed by atoms with van der Waals surface area (Å²) in [5.41, 5.74) is 3.45. The number of nitrogens with one attached hydrogen (secondary N) is 2. The Morgan fingerprint density at radius 3 is 2.78 bits per heavy atom. The molecule has 8 nitrogen and oxygen atoms in total. The Hall–Kier alpha value is -3.59. The fraction of sp³-hybridized carbons (Fsp3) is 0.217. The van der Waals surface area contributed by atoms with Gasteiger partial charge < -0.3 is 15.2 Å². The normalized spacial score (nSPS) is 15.6. The summed E-state index contributed by atoms with van der Waals surface area (Å²) >= 11 is 1.37. The summed E-state index contributed by atoms with van der Waals surface area (Å²) in [5.74, 6) is 0.684. The molecule has 160 valence electrons. The van der Waals surface area contributed by atoms with Crippen LogP contribution < -0.4 is 10.2 Å². The second-order valence-electron chi connectivity index (χ2n) is 7.99. The molecule has 0 unspecified atom stereocenters. The minimum atomic E-state index is -0.190. The number of H-pyrrole nitrogens is 1. The van der Waals surface area contributed by atoms with Crippen molar-refractivity contribution in [3.63, 3.8) is 0 Å². The highest BCUT2D eigenvalue weighted by Crippen LogP contribution is 2.42. The summed E-state index contributed by atoms with van der Waals surface area (Å²) in [7, 11) is 0. The van der Waals surface area contributed by atoms with Crippen molar-refractivity contribution in [1.29, 1.82) is 0 Å². The van der Waals surface area contributed by atoms with Crippen LogP contribution in [0.3, 0.4) is 0 Å². The third-order valence-electron chi connectivity index (χ3n) is 5.80. The van der Waals surface area contributed by atoms with Gasteiger partial charge in [-0.1, -0.05) is 42.1 Å². The number of carbonyl (C=O) groups is 2. The molecule has 3 heterocycles. The fourth-order valence-electron chi connectivity index (χ4n) is 4.14. The topological polar surface area (TPSA) is 95.9 Å². The Labute approximate surface area is 188 Å². The first-order valence-electron chi connectivity index (χ1n) is 10.5. The van der Waals surface area contributed by atoms with Gasteiger partial charge in [0, 0.05) is 28.7 Å². The lowest BCUT2D eigenvalue weighted by Gasteiger charge is -2.29. The van der Waals surface area contributed by atoms with E-state index in [1.54, 1.807) is 11.0 Å². The smallest absolute Gasteiger partial charge is 0.244 e. The Morgan fingerprint density at radius 1 is 1.09 bits per heavy atom. The predicted octanol–water partition coefficient (Wildman–Crippen LogP) is 3.84. The number of hydrogen-bond donors (Lipinski definition) is 2. The Balaban J connectivity index is 1.27. The molecule has 4 aromatic rings. The van der Waals surface area contributed by atoms with Gasteiger partial charge in [0.25, 0.3) is 0 Å². The molecular formula is C23H20N6O2S. The van der Waals surface area contributed by atoms with E-state index >= 15 is 0 Å². The SMILES string of the molecule is O=C1CN(C(=O)CSc2nnc(-c3c[nH]c4ccccc34)n2C2CC2)c2ccccc2N1. The fourth-order valence-corrected chi connectivity index (χ4v) is 5.02. The Morgan fingerprint density at radius 2 is 1.91 bits per heavy atom. The van der Waals surface area contributed by atoms with Crippen LogP contribution in [0.2, 0.25) is 0 Å². The van der Waals surface area contributed by atoms with Gasteiger partial charge in [0.05, 0.1) is 17.1 Å². The number of fused-ring (bicyclic) bond motifs is 2. The minimum Gasteiger partial charge on any atom is -0.360 e. The lowest BCUT2D eigenvalue weighted by molar-refractivity contribution is -0.120. The molecule has 2 N–H and O–H groups in total. The second-order valence-corrected chi connectivity index (χ2v) is 8.93. The van der Waals surface area contributed by atoms with Crippen molar-refractivity contribution in [1.82, 2.24) is 19.7 Å². The summed E-state index contributed by atoms with van der Waals surface area (Å²) in [6.07, 6.45) is 4.12. The number of amides is 2. The zero-order valence-electron chi connectivity index (χ0n) is 17.1. The molecule has 2 aromatic carbocycles. The number of hydrogen-bond acceptors (Lipinski definition) is 5. The lowest BCUT2D eigenvalue weighted by atomic mass is 10.1. The van der Waals surface area contributed by atoms with E-state index in [0.29, 0.717) is 11.7 Å². The maximum absolute atomic E-state index is 13.0. The van der Waals surface area contributed by atoms with E-state index in [9.17, 15) is 9.59 Å². The van der Waals surface area contributed by atoms with Gasteiger partial charge in [0.2, 0.25) is 11.8 Å². The van der Waals surface area contributed by atoms with Crippen LogP contribution >= 0.6 is 11.8 Å². The number of thioether (sulfide) groups is 1. The van der Waals surface area contributed by atoms with Crippen LogP contribution in [0.4, 0.5) is 11.4 Å². The molecule has 2 aromatic heterocycles. The van der Waals surface area contributed by atoms with Crippen LogP contribution in [0, 0.1) is 0 Å². The van der Waals surface area contributed by atoms with Crippen LogP contribution in [-0.4, -0.2) is 43.9 Å². The Kier molecular flexibility index (Phi) is 4.50. The van der Waals surface area contributed by atoms with E-state index in [1.807, 2.05) is 42.6 Å². The standard InChI is InChI=1S/C23H20N6O2S/c30-20-12-28(19-8-4-3-7-18(19)25-20)21(31)13-32-23-27-26-22(29(23)14-9-10-14)16-11-24-17-6-2-1-5-15(16)17/h1-8,11,14,24H,9-10,12-13H2,(H,25,30). The van der Waals surface area contributed by atoms with Crippen LogP contribution in [-0.2, 0) is 9.59 Å². The predicted molar refractivity (Wildman–Crippen MR) is 124 cm³/mol. The van der Waals surface area contributed by atoms with Crippen LogP contribution in [0.15, 0.2) is 59.9 Å². The number of para-hydroxylation sites is 3. The van der Waals surface area contributed by atoms with Gasteiger partial charge in [-0.15, -0.1) is 10.2 Å². The summed E-state index contributed by atoms with van der Waals surface area (Å²) < 4.78 is 2.16. The van der Waals surface area contributed by atoms with Crippen molar-refractivity contribution >= 4 is 45.9 Å². The molecule has 0 bridgehead atoms. The number of aromatic amines is 1. The van der Waals surface area contributed by atoms with E-state index in [2.05, 4.69) is 31.1 Å². The zero-order valence-corrected chi connectivity index (χ0v) is 17.9. The highest BCUT2D eigenvalue weighted by Gasteiger charge is 2.32. The third kappa shape index (κ3) is 3.25. The number of nitrogens with zero attached hydrogens (tertiary/aromatic N) is 4. The Bertz CT molecular complexity index is 1360. The van der Waals surface area contributed by atoms with Gasteiger partial charge in [-0.2, -0.15) is 0 Å². The number of rotatable bonds is 5. The summed E-state index contributed by atoms with van der Waals surface area (Å²) in [4.78, 5) is 30.0. The summed E-state index contributed by atoms with van der Waals surface area (Å²) in [6, 6.07) is 15.8. The van der Waals surface area contributed by atoms with E-state index in [-0.39, 0.29) is 24.1 Å². The van der Waals surface area contributed by atoms with E-state index in [4.69, 9.17) is 0 Å². The average molecular weight is 445 g/mol. The molecule has 0 radical (unpaired) electrons. The number of benzene rings is 2. The molecule has 2 aliphatic rings. The molecular weight excluding hydrogens is 424 g/mol. The number of anilines is 2. The van der Waals surface area contributed by atoms with Gasteiger partial charge in [-0.3, -0.25) is 14.2 Å². The van der Waals surface area contributed by atoms with Crippen molar-refractivity contribution < 1.29 is 9.59 Å². The van der Waals surface area contributed by atoms with Gasteiger partial charge in [-0.05, 0) is 31.0 Å². The molecule has 0 atom stereocenters. The third-order valence-corrected chi connectivity index (χ3v) is 6.73. The number of carbonyl (C=O) groups excluding carboxylic acids is 2. The van der Waals surface area contributed by atoms with Gasteiger partial charge in [0.1, 0.15) is 6.54 Å². The van der Waals surface area contributed by atoms with E-state index in [1.165, 1.54) is 11.8 Å². The largest absolute Gasteiger partial charge is 0.360 e. The van der Waals surface area contributed by atoms with Crippen LogP contribution in [0.5, 0.6) is 0 Å². The van der Waals surface area contributed by atoms with Crippen LogP contribution in [0.25, 0.3) is 22.3 Å². The minimum absolute atomic E-state index is 0.0202. The van der Waals surface area contributed by atoms with Gasteiger partial charge >= 0.3 is 0 Å². The average Bonchev–Trinajstić information content (AvgIpc) is 3.42. The molecule has 6 rings (SSSR count). The monoisotopic (exact) mass is 444 g/mol. The van der Waals surface area contributed by atoms with Crippen molar-refractivity contribution in [2.45, 2.75) is 24.0 Å². The molecule has 1 aliphatic carbocycles. The second kappa shape index (κ2) is 7.52. The van der Waals surface area contributed by atoms with Crippen LogP contribution in [0.1, 0.15) is 18.9 Å². The quantitative estimate of drug-likeness (QED) is 0.456. The first-order chi connectivity index (χ1) is 15.7. The highest BCUT2D eigenvalue weighted by atomic mass is 32.2. The maximum atomic E-state index is 13.0. The first kappa shape index (κ1) is 19.1. The van der Waals surface area contributed by atoms with Crippen molar-refractivity contribution in [3.8, 4) is 11.4 Å². The lowest BCUT2D eigenvalue weighted by Crippen LogP contribution is -2.43. The maximum Gasteiger partial charge on any atom is 0.244 e. The molecule has 9 heteroatoms. The van der Waals surface area contributed by atoms with Gasteiger partial charge in [0.15, 0.2) is 11.0 Å². The molecule has 1 aliphatic heterocycles. The molecule has 2 amide bonds. The molecule has 1 saturated carbocycles. The number of aromatic nitrogens is 4. The van der Waals surface area contributed by atoms with Crippen molar-refractivity contribution in [2.75, 3.05) is 22.5 Å². The first-order valence-corrected chi connectivity index (χ1v) is 11.5. The zero-order chi connectivity index (χ0) is 21.7.